The van der Waals surface area contributed by atoms with Gasteiger partial charge in [-0.15, -0.1) is 0 Å². The lowest BCUT2D eigenvalue weighted by molar-refractivity contribution is 0.391. The van der Waals surface area contributed by atoms with E-state index in [-0.39, 0.29) is 5.82 Å². The van der Waals surface area contributed by atoms with E-state index in [1.807, 2.05) is 50.2 Å². The number of benzene rings is 3. The zero-order chi connectivity index (χ0) is 22.0. The fourth-order valence-electron chi connectivity index (χ4n) is 3.96. The van der Waals surface area contributed by atoms with Crippen molar-refractivity contribution in [3.05, 3.63) is 88.7 Å². The van der Waals surface area contributed by atoms with Crippen LogP contribution >= 0.6 is 11.8 Å². The quantitative estimate of drug-likeness (QED) is 0.440. The molecular formula is C26H26FNO2S. The van der Waals surface area contributed by atoms with Crippen LogP contribution in [0, 0.1) is 12.7 Å². The van der Waals surface area contributed by atoms with E-state index < -0.39 is 4.87 Å². The van der Waals surface area contributed by atoms with Crippen molar-refractivity contribution in [2.24, 2.45) is 4.99 Å². The molecule has 5 heteroatoms. The third-order valence-corrected chi connectivity index (χ3v) is 6.89. The Morgan fingerprint density at radius 1 is 0.968 bits per heavy atom. The van der Waals surface area contributed by atoms with Gasteiger partial charge >= 0.3 is 0 Å². The smallest absolute Gasteiger partial charge is 0.136 e. The molecule has 0 aromatic heterocycles. The maximum atomic E-state index is 14.8. The van der Waals surface area contributed by atoms with Crippen LogP contribution in [-0.2, 0) is 11.3 Å². The molecule has 0 amide bonds. The normalized spacial score (nSPS) is 17.6. The van der Waals surface area contributed by atoms with Crippen molar-refractivity contribution in [1.82, 2.24) is 0 Å². The number of thioether (sulfide) groups is 1. The Bertz CT molecular complexity index is 1140. The van der Waals surface area contributed by atoms with Gasteiger partial charge in [0.1, 0.15) is 22.2 Å². The van der Waals surface area contributed by atoms with E-state index in [2.05, 4.69) is 12.1 Å². The van der Waals surface area contributed by atoms with Crippen LogP contribution < -0.4 is 9.47 Å². The van der Waals surface area contributed by atoms with Crippen LogP contribution in [0.3, 0.4) is 0 Å². The van der Waals surface area contributed by atoms with Crippen LogP contribution in [-0.4, -0.2) is 19.9 Å². The first kappa shape index (κ1) is 21.4. The number of fused-ring (bicyclic) bond motifs is 1. The Hall–Kier alpha value is -2.79. The molecule has 0 bridgehead atoms. The number of aliphatic imine (C=N–C) groups is 1. The molecule has 1 atom stereocenters. The van der Waals surface area contributed by atoms with Crippen molar-refractivity contribution < 1.29 is 13.9 Å². The van der Waals surface area contributed by atoms with Crippen LogP contribution in [0.4, 0.5) is 4.39 Å². The van der Waals surface area contributed by atoms with Gasteiger partial charge in [-0.2, -0.15) is 0 Å². The lowest BCUT2D eigenvalue weighted by atomic mass is 9.99. The summed E-state index contributed by atoms with van der Waals surface area (Å²) in [5.41, 5.74) is 4.83. The van der Waals surface area contributed by atoms with Crippen LogP contribution in [0.1, 0.15) is 35.6 Å². The zero-order valence-corrected chi connectivity index (χ0v) is 19.1. The molecule has 0 saturated carbocycles. The highest BCUT2D eigenvalue weighted by molar-refractivity contribution is 8.00. The van der Waals surface area contributed by atoms with Gasteiger partial charge in [0.05, 0.1) is 14.2 Å². The standard InChI is InChI=1S/C26H26FNO2S/c1-17-9-13-22(27)21(15-17)26(2)28-23(20-7-5-6-8-25(20)31-26)14-11-18-10-12-19(29-3)16-24(18)30-4/h5-10,12-13,15-16H,11,14H2,1-4H3. The second-order valence-electron chi connectivity index (χ2n) is 7.80. The number of methoxy groups -OCH3 is 2. The van der Waals surface area contributed by atoms with E-state index in [1.54, 1.807) is 32.0 Å². The van der Waals surface area contributed by atoms with Gasteiger partial charge in [0, 0.05) is 27.8 Å². The summed E-state index contributed by atoms with van der Waals surface area (Å²) >= 11 is 1.60. The summed E-state index contributed by atoms with van der Waals surface area (Å²) in [5.74, 6) is 1.34. The molecule has 1 unspecified atom stereocenters. The second-order valence-corrected chi connectivity index (χ2v) is 9.24. The van der Waals surface area contributed by atoms with Crippen molar-refractivity contribution in [3.63, 3.8) is 0 Å². The Morgan fingerprint density at radius 2 is 1.77 bits per heavy atom. The molecule has 4 rings (SSSR count). The number of nitrogens with zero attached hydrogens (tertiary/aromatic N) is 1. The molecule has 1 aliphatic heterocycles. The molecule has 0 saturated heterocycles. The van der Waals surface area contributed by atoms with Gasteiger partial charge in [0.2, 0.25) is 0 Å². The first-order valence-corrected chi connectivity index (χ1v) is 11.1. The molecule has 0 aliphatic carbocycles. The molecule has 0 radical (unpaired) electrons. The van der Waals surface area contributed by atoms with E-state index in [0.717, 1.165) is 51.6 Å². The highest BCUT2D eigenvalue weighted by Gasteiger charge is 2.35. The third kappa shape index (κ3) is 4.33. The molecule has 3 aromatic carbocycles. The number of halogens is 1. The van der Waals surface area contributed by atoms with Crippen LogP contribution in [0.2, 0.25) is 0 Å². The van der Waals surface area contributed by atoms with Gasteiger partial charge in [-0.05, 0) is 56.5 Å². The fourth-order valence-corrected chi connectivity index (χ4v) is 5.25. The number of rotatable bonds is 6. The molecule has 0 fully saturated rings. The Morgan fingerprint density at radius 3 is 2.55 bits per heavy atom. The molecule has 0 spiro atoms. The van der Waals surface area contributed by atoms with Crippen molar-refractivity contribution >= 4 is 17.5 Å². The van der Waals surface area contributed by atoms with Crippen molar-refractivity contribution in [2.45, 2.75) is 36.5 Å². The highest BCUT2D eigenvalue weighted by atomic mass is 32.2. The molecule has 1 aliphatic rings. The topological polar surface area (TPSA) is 30.8 Å². The molecule has 31 heavy (non-hydrogen) atoms. The monoisotopic (exact) mass is 435 g/mol. The summed E-state index contributed by atoms with van der Waals surface area (Å²) in [5, 5.41) is 0. The summed E-state index contributed by atoms with van der Waals surface area (Å²) < 4.78 is 25.7. The average Bonchev–Trinajstić information content (AvgIpc) is 2.78. The Labute approximate surface area is 187 Å². The predicted molar refractivity (Wildman–Crippen MR) is 125 cm³/mol. The first-order valence-electron chi connectivity index (χ1n) is 10.3. The van der Waals surface area contributed by atoms with Crippen molar-refractivity contribution in [1.29, 1.82) is 0 Å². The maximum absolute atomic E-state index is 14.8. The third-order valence-electron chi connectivity index (χ3n) is 5.60. The summed E-state index contributed by atoms with van der Waals surface area (Å²) in [6.07, 6.45) is 1.49. The molecule has 1 heterocycles. The maximum Gasteiger partial charge on any atom is 0.136 e. The number of ether oxygens (including phenoxy) is 2. The SMILES string of the molecule is COc1ccc(CCC2=NC(C)(c3cc(C)ccc3F)Sc3ccccc32)c(OC)c1. The molecule has 3 nitrogen and oxygen atoms in total. The number of hydrogen-bond donors (Lipinski definition) is 0. The van der Waals surface area contributed by atoms with Crippen LogP contribution in [0.15, 0.2) is 70.6 Å². The first-order chi connectivity index (χ1) is 14.9. The van der Waals surface area contributed by atoms with Crippen LogP contribution in [0.25, 0.3) is 0 Å². The van der Waals surface area contributed by atoms with E-state index in [4.69, 9.17) is 14.5 Å². The fraction of sp³-hybridized carbons (Fsp3) is 0.269. The lowest BCUT2D eigenvalue weighted by Crippen LogP contribution is -2.24. The Kier molecular flexibility index (Phi) is 6.05. The molecular weight excluding hydrogens is 409 g/mol. The van der Waals surface area contributed by atoms with E-state index in [0.29, 0.717) is 5.56 Å². The van der Waals surface area contributed by atoms with Gasteiger partial charge in [-0.1, -0.05) is 47.7 Å². The van der Waals surface area contributed by atoms with E-state index in [9.17, 15) is 4.39 Å². The number of hydrogen-bond acceptors (Lipinski definition) is 4. The van der Waals surface area contributed by atoms with Crippen LogP contribution in [0.5, 0.6) is 11.5 Å². The van der Waals surface area contributed by atoms with E-state index >= 15 is 0 Å². The minimum atomic E-state index is -0.718. The van der Waals surface area contributed by atoms with Gasteiger partial charge in [-0.3, -0.25) is 4.99 Å². The summed E-state index contributed by atoms with van der Waals surface area (Å²) in [4.78, 5) is 5.51. The summed E-state index contributed by atoms with van der Waals surface area (Å²) in [7, 11) is 3.31. The largest absolute Gasteiger partial charge is 0.497 e. The zero-order valence-electron chi connectivity index (χ0n) is 18.2. The Balaban J connectivity index is 1.71. The van der Waals surface area contributed by atoms with Crippen molar-refractivity contribution in [3.8, 4) is 11.5 Å². The van der Waals surface area contributed by atoms with Gasteiger partial charge in [0.15, 0.2) is 0 Å². The second kappa shape index (κ2) is 8.75. The molecule has 0 N–H and O–H groups in total. The number of aryl methyl sites for hydroxylation is 2. The highest BCUT2D eigenvalue weighted by Crippen LogP contribution is 2.48. The van der Waals surface area contributed by atoms with Gasteiger partial charge in [0.25, 0.3) is 0 Å². The average molecular weight is 436 g/mol. The predicted octanol–water partition coefficient (Wildman–Crippen LogP) is 6.55. The summed E-state index contributed by atoms with van der Waals surface area (Å²) in [6.45, 7) is 3.98. The minimum Gasteiger partial charge on any atom is -0.497 e. The van der Waals surface area contributed by atoms with Gasteiger partial charge < -0.3 is 9.47 Å². The van der Waals surface area contributed by atoms with Gasteiger partial charge in [-0.25, -0.2) is 4.39 Å². The summed E-state index contributed by atoms with van der Waals surface area (Å²) in [6, 6.07) is 19.3. The van der Waals surface area contributed by atoms with E-state index in [1.165, 1.54) is 6.07 Å². The molecule has 160 valence electrons. The molecule has 3 aromatic rings. The lowest BCUT2D eigenvalue weighted by Gasteiger charge is -2.32. The minimum absolute atomic E-state index is 0.222. The van der Waals surface area contributed by atoms with Crippen molar-refractivity contribution in [2.75, 3.05) is 14.2 Å².